The van der Waals surface area contributed by atoms with E-state index in [-0.39, 0.29) is 11.3 Å². The van der Waals surface area contributed by atoms with E-state index in [0.29, 0.717) is 12.0 Å². The highest BCUT2D eigenvalue weighted by Gasteiger charge is 2.39. The van der Waals surface area contributed by atoms with E-state index in [0.717, 1.165) is 25.2 Å². The molecule has 2 rings (SSSR count). The van der Waals surface area contributed by atoms with Crippen molar-refractivity contribution < 1.29 is 8.42 Å². The van der Waals surface area contributed by atoms with Gasteiger partial charge in [0, 0.05) is 18.3 Å². The fraction of sp³-hybridized carbons (Fsp3) is 1.00. The van der Waals surface area contributed by atoms with Crippen molar-refractivity contribution in [3.05, 3.63) is 0 Å². The highest BCUT2D eigenvalue weighted by atomic mass is 32.2. The minimum Gasteiger partial charge on any atom is -0.310 e. The van der Waals surface area contributed by atoms with Crippen molar-refractivity contribution >= 4 is 9.84 Å². The molecule has 2 saturated carbocycles. The fourth-order valence-corrected chi connectivity index (χ4v) is 5.37. The second-order valence-corrected chi connectivity index (χ2v) is 8.55. The summed E-state index contributed by atoms with van der Waals surface area (Å²) in [6.45, 7) is 4.58. The van der Waals surface area contributed by atoms with E-state index in [2.05, 4.69) is 19.2 Å². The van der Waals surface area contributed by atoms with Crippen LogP contribution in [0.2, 0.25) is 0 Å². The molecule has 5 atom stereocenters. The summed E-state index contributed by atoms with van der Waals surface area (Å²) in [4.78, 5) is 0. The SMILES string of the molecule is CCC1CCC(NC2CCCC2S(C)(=O)=O)C1C. The van der Waals surface area contributed by atoms with E-state index >= 15 is 0 Å². The van der Waals surface area contributed by atoms with Crippen LogP contribution < -0.4 is 5.32 Å². The number of rotatable bonds is 4. The van der Waals surface area contributed by atoms with Crippen molar-refractivity contribution in [2.45, 2.75) is 69.7 Å². The van der Waals surface area contributed by atoms with Crippen LogP contribution >= 0.6 is 0 Å². The van der Waals surface area contributed by atoms with E-state index in [1.54, 1.807) is 0 Å². The Morgan fingerprint density at radius 2 is 1.83 bits per heavy atom. The highest BCUT2D eigenvalue weighted by Crippen LogP contribution is 2.35. The number of hydrogen-bond donors (Lipinski definition) is 1. The molecule has 18 heavy (non-hydrogen) atoms. The van der Waals surface area contributed by atoms with Crippen molar-refractivity contribution in [2.75, 3.05) is 6.26 Å². The van der Waals surface area contributed by atoms with Gasteiger partial charge in [0.15, 0.2) is 9.84 Å². The van der Waals surface area contributed by atoms with Crippen LogP contribution in [-0.4, -0.2) is 32.0 Å². The lowest BCUT2D eigenvalue weighted by molar-refractivity contribution is 0.320. The number of hydrogen-bond acceptors (Lipinski definition) is 3. The molecule has 2 fully saturated rings. The lowest BCUT2D eigenvalue weighted by Gasteiger charge is -2.27. The third-order valence-electron chi connectivity index (χ3n) is 5.18. The molecular weight excluding hydrogens is 246 g/mol. The summed E-state index contributed by atoms with van der Waals surface area (Å²) in [5, 5.41) is 3.52. The molecule has 5 unspecified atom stereocenters. The quantitative estimate of drug-likeness (QED) is 0.855. The van der Waals surface area contributed by atoms with Gasteiger partial charge < -0.3 is 5.32 Å². The Bertz CT molecular complexity index is 379. The third kappa shape index (κ3) is 2.90. The van der Waals surface area contributed by atoms with Gasteiger partial charge in [-0.05, 0) is 37.5 Å². The Morgan fingerprint density at radius 1 is 1.11 bits per heavy atom. The Kier molecular flexibility index (Phi) is 4.37. The van der Waals surface area contributed by atoms with Gasteiger partial charge in [-0.3, -0.25) is 0 Å². The molecule has 0 bridgehead atoms. The summed E-state index contributed by atoms with van der Waals surface area (Å²) in [7, 11) is -2.89. The molecule has 0 radical (unpaired) electrons. The van der Waals surface area contributed by atoms with Crippen LogP contribution in [0.15, 0.2) is 0 Å². The standard InChI is InChI=1S/C14H27NO2S/c1-4-11-8-9-12(10(11)2)15-13-6-5-7-14(13)18(3,16)17/h10-15H,4-9H2,1-3H3. The molecule has 3 nitrogen and oxygen atoms in total. The van der Waals surface area contributed by atoms with Gasteiger partial charge in [-0.1, -0.05) is 26.7 Å². The summed E-state index contributed by atoms with van der Waals surface area (Å²) in [5.74, 6) is 1.51. The summed E-state index contributed by atoms with van der Waals surface area (Å²) < 4.78 is 23.6. The predicted octanol–water partition coefficient (Wildman–Crippen LogP) is 2.37. The first kappa shape index (κ1) is 14.3. The van der Waals surface area contributed by atoms with Crippen molar-refractivity contribution in [1.29, 1.82) is 0 Å². The van der Waals surface area contributed by atoms with Gasteiger partial charge in [0.1, 0.15) is 0 Å². The topological polar surface area (TPSA) is 46.2 Å². The zero-order valence-electron chi connectivity index (χ0n) is 11.9. The van der Waals surface area contributed by atoms with Gasteiger partial charge in [-0.25, -0.2) is 8.42 Å². The van der Waals surface area contributed by atoms with Gasteiger partial charge in [-0.2, -0.15) is 0 Å². The second kappa shape index (κ2) is 5.49. The van der Waals surface area contributed by atoms with Crippen LogP contribution in [0.4, 0.5) is 0 Å². The zero-order valence-corrected chi connectivity index (χ0v) is 12.7. The normalized spacial score (nSPS) is 41.4. The molecular formula is C14H27NO2S. The Labute approximate surface area is 112 Å². The Balaban J connectivity index is 1.98. The van der Waals surface area contributed by atoms with Crippen molar-refractivity contribution in [3.63, 3.8) is 0 Å². The molecule has 0 aromatic carbocycles. The Morgan fingerprint density at radius 3 is 2.39 bits per heavy atom. The molecule has 4 heteroatoms. The molecule has 0 aliphatic heterocycles. The van der Waals surface area contributed by atoms with Gasteiger partial charge in [0.25, 0.3) is 0 Å². The molecule has 0 aromatic rings. The van der Waals surface area contributed by atoms with Crippen LogP contribution in [0.3, 0.4) is 0 Å². The van der Waals surface area contributed by atoms with E-state index in [9.17, 15) is 8.42 Å². The van der Waals surface area contributed by atoms with Crippen molar-refractivity contribution in [2.24, 2.45) is 11.8 Å². The average molecular weight is 273 g/mol. The number of nitrogens with one attached hydrogen (secondary N) is 1. The maximum atomic E-state index is 11.8. The second-order valence-electron chi connectivity index (χ2n) is 6.28. The summed E-state index contributed by atoms with van der Waals surface area (Å²) in [5.41, 5.74) is 0. The van der Waals surface area contributed by atoms with Crippen LogP contribution in [0.25, 0.3) is 0 Å². The van der Waals surface area contributed by atoms with E-state index in [4.69, 9.17) is 0 Å². The molecule has 2 aliphatic rings. The number of sulfone groups is 1. The van der Waals surface area contributed by atoms with Gasteiger partial charge >= 0.3 is 0 Å². The molecule has 2 aliphatic carbocycles. The molecule has 1 N–H and O–H groups in total. The smallest absolute Gasteiger partial charge is 0.151 e. The first-order valence-corrected chi connectivity index (χ1v) is 9.33. The highest BCUT2D eigenvalue weighted by molar-refractivity contribution is 7.91. The maximum Gasteiger partial charge on any atom is 0.151 e. The van der Waals surface area contributed by atoms with Crippen LogP contribution in [0.1, 0.15) is 52.4 Å². The van der Waals surface area contributed by atoms with Gasteiger partial charge in [0.05, 0.1) is 5.25 Å². The summed E-state index contributed by atoms with van der Waals surface area (Å²) in [6.07, 6.45) is 8.07. The van der Waals surface area contributed by atoms with Crippen LogP contribution in [0.5, 0.6) is 0 Å². The average Bonchev–Trinajstić information content (AvgIpc) is 2.87. The molecule has 0 aromatic heterocycles. The largest absolute Gasteiger partial charge is 0.310 e. The van der Waals surface area contributed by atoms with Gasteiger partial charge in [0.2, 0.25) is 0 Å². The van der Waals surface area contributed by atoms with E-state index in [1.807, 2.05) is 0 Å². The van der Waals surface area contributed by atoms with E-state index in [1.165, 1.54) is 25.5 Å². The minimum atomic E-state index is -2.89. The Hall–Kier alpha value is -0.0900. The monoisotopic (exact) mass is 273 g/mol. The van der Waals surface area contributed by atoms with E-state index < -0.39 is 9.84 Å². The third-order valence-corrected chi connectivity index (χ3v) is 6.85. The lowest BCUT2D eigenvalue weighted by Crippen LogP contribution is -2.46. The lowest BCUT2D eigenvalue weighted by atomic mass is 9.93. The molecule has 0 spiro atoms. The van der Waals surface area contributed by atoms with Crippen LogP contribution in [-0.2, 0) is 9.84 Å². The summed E-state index contributed by atoms with van der Waals surface area (Å²) >= 11 is 0. The predicted molar refractivity (Wildman–Crippen MR) is 75.4 cm³/mol. The van der Waals surface area contributed by atoms with Crippen molar-refractivity contribution in [3.8, 4) is 0 Å². The zero-order chi connectivity index (χ0) is 13.3. The molecule has 0 amide bonds. The fourth-order valence-electron chi connectivity index (χ4n) is 3.96. The van der Waals surface area contributed by atoms with Crippen LogP contribution in [0, 0.1) is 11.8 Å². The van der Waals surface area contributed by atoms with Gasteiger partial charge in [-0.15, -0.1) is 0 Å². The molecule has 106 valence electrons. The first-order chi connectivity index (χ1) is 8.43. The molecule has 0 heterocycles. The molecule has 0 saturated heterocycles. The van der Waals surface area contributed by atoms with Crippen molar-refractivity contribution in [1.82, 2.24) is 5.32 Å². The first-order valence-electron chi connectivity index (χ1n) is 7.38. The summed E-state index contributed by atoms with van der Waals surface area (Å²) in [6, 6.07) is 0.727. The minimum absolute atomic E-state index is 0.148. The maximum absolute atomic E-state index is 11.8.